The summed E-state index contributed by atoms with van der Waals surface area (Å²) in [5.74, 6) is -0.938. The van der Waals surface area contributed by atoms with E-state index in [0.29, 0.717) is 17.9 Å². The molecule has 0 aliphatic carbocycles. The molecule has 0 aliphatic rings. The van der Waals surface area contributed by atoms with Gasteiger partial charge >= 0.3 is 5.97 Å². The molecule has 0 saturated heterocycles. The van der Waals surface area contributed by atoms with Crippen LogP contribution in [0.25, 0.3) is 0 Å². The van der Waals surface area contributed by atoms with Gasteiger partial charge in [-0.05, 0) is 61.7 Å². The van der Waals surface area contributed by atoms with Gasteiger partial charge in [0.2, 0.25) is 15.9 Å². The number of esters is 1. The first kappa shape index (κ1) is 26.1. The zero-order chi connectivity index (χ0) is 25.3. The summed E-state index contributed by atoms with van der Waals surface area (Å²) in [6.45, 7) is 4.24. The first-order valence-electron chi connectivity index (χ1n) is 11.5. The molecule has 0 aromatic heterocycles. The van der Waals surface area contributed by atoms with Gasteiger partial charge in [0.15, 0.2) is 0 Å². The van der Waals surface area contributed by atoms with E-state index in [4.69, 9.17) is 4.74 Å². The summed E-state index contributed by atoms with van der Waals surface area (Å²) >= 11 is 0. The average molecular weight is 495 g/mol. The SMILES string of the molecule is CCCCOC(=O)c1ccc(NC(=O)C(Cc2ccccc2)NS(=O)(=O)c2ccc(C)cc2)cc1. The number of sulfonamides is 1. The van der Waals surface area contributed by atoms with Gasteiger partial charge in [-0.1, -0.05) is 61.4 Å². The molecule has 0 spiro atoms. The molecule has 0 heterocycles. The largest absolute Gasteiger partial charge is 0.462 e. The van der Waals surface area contributed by atoms with Crippen molar-refractivity contribution in [2.75, 3.05) is 11.9 Å². The highest BCUT2D eigenvalue weighted by Gasteiger charge is 2.26. The molecule has 35 heavy (non-hydrogen) atoms. The molecule has 1 unspecified atom stereocenters. The third-order valence-corrected chi connectivity index (χ3v) is 6.83. The monoisotopic (exact) mass is 494 g/mol. The van der Waals surface area contributed by atoms with E-state index in [1.165, 1.54) is 12.1 Å². The molecule has 7 nitrogen and oxygen atoms in total. The molecule has 8 heteroatoms. The maximum absolute atomic E-state index is 13.1. The van der Waals surface area contributed by atoms with E-state index in [1.807, 2.05) is 44.2 Å². The van der Waals surface area contributed by atoms with Crippen molar-refractivity contribution in [3.63, 3.8) is 0 Å². The molecule has 0 fully saturated rings. The van der Waals surface area contributed by atoms with Crippen molar-refractivity contribution in [2.24, 2.45) is 0 Å². The Labute approximate surface area is 206 Å². The number of aryl methyl sites for hydroxylation is 1. The Bertz CT molecular complexity index is 1220. The van der Waals surface area contributed by atoms with Crippen LogP contribution in [0.5, 0.6) is 0 Å². The van der Waals surface area contributed by atoms with Crippen LogP contribution in [-0.2, 0) is 26.0 Å². The minimum Gasteiger partial charge on any atom is -0.462 e. The van der Waals surface area contributed by atoms with E-state index in [-0.39, 0.29) is 11.3 Å². The van der Waals surface area contributed by atoms with Gasteiger partial charge in [-0.15, -0.1) is 0 Å². The van der Waals surface area contributed by atoms with Gasteiger partial charge in [-0.25, -0.2) is 13.2 Å². The van der Waals surface area contributed by atoms with Crippen molar-refractivity contribution in [3.05, 3.63) is 95.6 Å². The van der Waals surface area contributed by atoms with Gasteiger partial charge in [-0.3, -0.25) is 4.79 Å². The summed E-state index contributed by atoms with van der Waals surface area (Å²) in [7, 11) is -3.93. The van der Waals surface area contributed by atoms with Gasteiger partial charge in [-0.2, -0.15) is 4.72 Å². The number of rotatable bonds is 11. The zero-order valence-electron chi connectivity index (χ0n) is 19.9. The summed E-state index contributed by atoms with van der Waals surface area (Å²) in [5, 5.41) is 2.75. The molecule has 3 aromatic rings. The van der Waals surface area contributed by atoms with Crippen LogP contribution in [0, 0.1) is 6.92 Å². The molecule has 0 aliphatic heterocycles. The Morgan fingerprint density at radius 3 is 2.20 bits per heavy atom. The third-order valence-electron chi connectivity index (χ3n) is 5.35. The maximum Gasteiger partial charge on any atom is 0.338 e. The summed E-state index contributed by atoms with van der Waals surface area (Å²) in [4.78, 5) is 25.3. The molecule has 3 aromatic carbocycles. The van der Waals surface area contributed by atoms with Crippen LogP contribution >= 0.6 is 0 Å². The number of hydrogen-bond acceptors (Lipinski definition) is 5. The molecular weight excluding hydrogens is 464 g/mol. The molecule has 0 radical (unpaired) electrons. The lowest BCUT2D eigenvalue weighted by Crippen LogP contribution is -2.45. The van der Waals surface area contributed by atoms with E-state index in [9.17, 15) is 18.0 Å². The summed E-state index contributed by atoms with van der Waals surface area (Å²) in [6, 6.07) is 20.8. The molecule has 0 bridgehead atoms. The second-order valence-electron chi connectivity index (χ2n) is 8.23. The van der Waals surface area contributed by atoms with Crippen LogP contribution in [0.15, 0.2) is 83.8 Å². The number of amides is 1. The number of nitrogens with one attached hydrogen (secondary N) is 2. The van der Waals surface area contributed by atoms with Gasteiger partial charge in [0, 0.05) is 5.69 Å². The molecule has 3 rings (SSSR count). The quantitative estimate of drug-likeness (QED) is 0.302. The zero-order valence-corrected chi connectivity index (χ0v) is 20.7. The van der Waals surface area contributed by atoms with Gasteiger partial charge < -0.3 is 10.1 Å². The number of hydrogen-bond donors (Lipinski definition) is 2. The fourth-order valence-corrected chi connectivity index (χ4v) is 4.52. The van der Waals surface area contributed by atoms with E-state index < -0.39 is 27.9 Å². The van der Waals surface area contributed by atoms with Crippen LogP contribution in [0.2, 0.25) is 0 Å². The van der Waals surface area contributed by atoms with Crippen molar-refractivity contribution >= 4 is 27.6 Å². The van der Waals surface area contributed by atoms with E-state index >= 15 is 0 Å². The molecule has 0 saturated carbocycles. The lowest BCUT2D eigenvalue weighted by Gasteiger charge is -2.19. The second kappa shape index (κ2) is 12.3. The summed E-state index contributed by atoms with van der Waals surface area (Å²) in [6.07, 6.45) is 1.89. The number of anilines is 1. The van der Waals surface area contributed by atoms with Gasteiger partial charge in [0.25, 0.3) is 0 Å². The van der Waals surface area contributed by atoms with E-state index in [0.717, 1.165) is 24.0 Å². The minimum atomic E-state index is -3.93. The van der Waals surface area contributed by atoms with Crippen LogP contribution in [0.3, 0.4) is 0 Å². The van der Waals surface area contributed by atoms with Crippen LogP contribution in [0.4, 0.5) is 5.69 Å². The minimum absolute atomic E-state index is 0.0832. The highest BCUT2D eigenvalue weighted by Crippen LogP contribution is 2.15. The van der Waals surface area contributed by atoms with Crippen molar-refractivity contribution < 1.29 is 22.7 Å². The van der Waals surface area contributed by atoms with Crippen LogP contribution in [-0.4, -0.2) is 32.9 Å². The third kappa shape index (κ3) is 7.77. The van der Waals surface area contributed by atoms with Crippen LogP contribution < -0.4 is 10.0 Å². The molecule has 184 valence electrons. The second-order valence-corrected chi connectivity index (χ2v) is 9.95. The number of carbonyl (C=O) groups is 2. The lowest BCUT2D eigenvalue weighted by atomic mass is 10.1. The van der Waals surface area contributed by atoms with Gasteiger partial charge in [0.05, 0.1) is 17.1 Å². The Kier molecular flexibility index (Phi) is 9.17. The molecule has 2 N–H and O–H groups in total. The lowest BCUT2D eigenvalue weighted by molar-refractivity contribution is -0.117. The first-order valence-corrected chi connectivity index (χ1v) is 13.0. The Balaban J connectivity index is 1.75. The maximum atomic E-state index is 13.1. The van der Waals surface area contributed by atoms with E-state index in [1.54, 1.807) is 36.4 Å². The Morgan fingerprint density at radius 1 is 0.914 bits per heavy atom. The molecule has 1 atom stereocenters. The fourth-order valence-electron chi connectivity index (χ4n) is 3.32. The predicted octanol–water partition coefficient (Wildman–Crippen LogP) is 4.48. The smallest absolute Gasteiger partial charge is 0.338 e. The first-order chi connectivity index (χ1) is 16.8. The number of benzene rings is 3. The summed E-state index contributed by atoms with van der Waals surface area (Å²) < 4.78 is 33.7. The van der Waals surface area contributed by atoms with Crippen molar-refractivity contribution in [1.82, 2.24) is 4.72 Å². The van der Waals surface area contributed by atoms with Gasteiger partial charge in [0.1, 0.15) is 6.04 Å². The van der Waals surface area contributed by atoms with Crippen molar-refractivity contribution in [2.45, 2.75) is 44.0 Å². The van der Waals surface area contributed by atoms with E-state index in [2.05, 4.69) is 10.0 Å². The normalized spacial score (nSPS) is 12.1. The topological polar surface area (TPSA) is 102 Å². The van der Waals surface area contributed by atoms with Crippen molar-refractivity contribution in [1.29, 1.82) is 0 Å². The van der Waals surface area contributed by atoms with Crippen LogP contribution in [0.1, 0.15) is 41.3 Å². The number of unbranched alkanes of at least 4 members (excludes halogenated alkanes) is 1. The fraction of sp³-hybridized carbons (Fsp3) is 0.259. The molecule has 1 amide bonds. The number of ether oxygens (including phenoxy) is 1. The molecular formula is C27H30N2O5S. The standard InChI is InChI=1S/C27H30N2O5S/c1-3-4-18-34-27(31)22-12-14-23(15-13-22)28-26(30)25(19-21-8-6-5-7-9-21)29-35(32,33)24-16-10-20(2)11-17-24/h5-17,25,29H,3-4,18-19H2,1-2H3,(H,28,30). The number of carbonyl (C=O) groups excluding carboxylic acids is 2. The van der Waals surface area contributed by atoms with Crippen molar-refractivity contribution in [3.8, 4) is 0 Å². The highest BCUT2D eigenvalue weighted by molar-refractivity contribution is 7.89. The predicted molar refractivity (Wildman–Crippen MR) is 136 cm³/mol. The Morgan fingerprint density at radius 2 is 1.57 bits per heavy atom. The Hall–Kier alpha value is -3.49. The highest BCUT2D eigenvalue weighted by atomic mass is 32.2. The average Bonchev–Trinajstić information content (AvgIpc) is 2.85. The summed E-state index contributed by atoms with van der Waals surface area (Å²) in [5.41, 5.74) is 2.55.